The first kappa shape index (κ1) is 19.4. The molecule has 144 valence electrons. The fraction of sp³-hybridized carbons (Fsp3) is 0.400. The number of methoxy groups -OCH3 is 1. The minimum Gasteiger partial charge on any atom is -0.497 e. The number of carbonyl (C=O) groups is 2. The van der Waals surface area contributed by atoms with Crippen LogP contribution in [0.15, 0.2) is 36.4 Å². The smallest absolute Gasteiger partial charge is 0.264 e. The second-order valence-electron chi connectivity index (χ2n) is 6.86. The second-order valence-corrected chi connectivity index (χ2v) is 7.95. The lowest BCUT2D eigenvalue weighted by molar-refractivity contribution is 0.0578. The van der Waals surface area contributed by atoms with E-state index in [1.807, 2.05) is 4.90 Å². The number of hydrogen-bond donors (Lipinski definition) is 2. The van der Waals surface area contributed by atoms with E-state index in [1.54, 1.807) is 43.5 Å². The third-order valence-corrected chi connectivity index (χ3v) is 5.91. The first-order valence-electron chi connectivity index (χ1n) is 9.08. The maximum absolute atomic E-state index is 12.9. The summed E-state index contributed by atoms with van der Waals surface area (Å²) in [5.41, 5.74) is 6.40. The van der Waals surface area contributed by atoms with Crippen LogP contribution >= 0.6 is 11.3 Å². The molecule has 2 aromatic rings. The zero-order chi connectivity index (χ0) is 19.4. The Kier molecular flexibility index (Phi) is 6.13. The number of thiophene rings is 1. The predicted molar refractivity (Wildman–Crippen MR) is 108 cm³/mol. The first-order valence-corrected chi connectivity index (χ1v) is 9.89. The molecule has 6 nitrogen and oxygen atoms in total. The molecule has 0 bridgehead atoms. The number of benzene rings is 1. The van der Waals surface area contributed by atoms with Crippen molar-refractivity contribution in [1.82, 2.24) is 4.90 Å². The Morgan fingerprint density at radius 3 is 2.67 bits per heavy atom. The maximum Gasteiger partial charge on any atom is 0.264 e. The van der Waals surface area contributed by atoms with E-state index in [4.69, 9.17) is 10.5 Å². The molecule has 3 rings (SSSR count). The van der Waals surface area contributed by atoms with Crippen molar-refractivity contribution < 1.29 is 14.3 Å². The molecular formula is C20H25N3O3S. The summed E-state index contributed by atoms with van der Waals surface area (Å²) >= 11 is 1.29. The molecule has 2 heterocycles. The van der Waals surface area contributed by atoms with Crippen LogP contribution in [-0.2, 0) is 0 Å². The summed E-state index contributed by atoms with van der Waals surface area (Å²) in [5, 5.41) is 3.50. The highest BCUT2D eigenvalue weighted by Gasteiger charge is 2.30. The standard InChI is InChI=1S/C20H25N3O3S/c1-13-9-10-23(15(11-13)12-21)20(25)17-7-8-18(27-17)22-19(24)14-3-5-16(26-2)6-4-14/h3-8,13,15H,9-12,21H2,1-2H3,(H,22,24). The van der Waals surface area contributed by atoms with Crippen LogP contribution in [-0.4, -0.2) is 43.0 Å². The molecule has 2 unspecified atom stereocenters. The average molecular weight is 388 g/mol. The Labute approximate surface area is 163 Å². The Hall–Kier alpha value is -2.38. The van der Waals surface area contributed by atoms with Gasteiger partial charge in [-0.15, -0.1) is 11.3 Å². The Bertz CT molecular complexity index is 803. The molecule has 1 aliphatic rings. The summed E-state index contributed by atoms with van der Waals surface area (Å²) in [6, 6.07) is 10.5. The number of carbonyl (C=O) groups excluding carboxylic acids is 2. The van der Waals surface area contributed by atoms with Gasteiger partial charge in [0, 0.05) is 24.7 Å². The van der Waals surface area contributed by atoms with Crippen molar-refractivity contribution in [2.45, 2.75) is 25.8 Å². The molecule has 3 N–H and O–H groups in total. The number of rotatable bonds is 5. The summed E-state index contributed by atoms with van der Waals surface area (Å²) < 4.78 is 5.10. The fourth-order valence-corrected chi connectivity index (χ4v) is 4.19. The lowest BCUT2D eigenvalue weighted by atomic mass is 9.92. The first-order chi connectivity index (χ1) is 13.0. The van der Waals surface area contributed by atoms with Gasteiger partial charge in [0.2, 0.25) is 0 Å². The molecule has 1 aliphatic heterocycles. The van der Waals surface area contributed by atoms with Gasteiger partial charge in [-0.1, -0.05) is 6.92 Å². The topological polar surface area (TPSA) is 84.7 Å². The summed E-state index contributed by atoms with van der Waals surface area (Å²) in [6.45, 7) is 3.40. The van der Waals surface area contributed by atoms with E-state index >= 15 is 0 Å². The number of hydrogen-bond acceptors (Lipinski definition) is 5. The lowest BCUT2D eigenvalue weighted by Crippen LogP contribution is -2.49. The number of nitrogens with zero attached hydrogens (tertiary/aromatic N) is 1. The van der Waals surface area contributed by atoms with E-state index < -0.39 is 0 Å². The zero-order valence-electron chi connectivity index (χ0n) is 15.6. The van der Waals surface area contributed by atoms with Crippen LogP contribution in [0.4, 0.5) is 5.00 Å². The molecule has 27 heavy (non-hydrogen) atoms. The van der Waals surface area contributed by atoms with Crippen molar-refractivity contribution in [3.05, 3.63) is 46.8 Å². The van der Waals surface area contributed by atoms with Crippen LogP contribution in [0.1, 0.15) is 39.8 Å². The van der Waals surface area contributed by atoms with Gasteiger partial charge in [0.05, 0.1) is 17.0 Å². The van der Waals surface area contributed by atoms with Crippen molar-refractivity contribution in [3.63, 3.8) is 0 Å². The van der Waals surface area contributed by atoms with E-state index in [1.165, 1.54) is 11.3 Å². The quantitative estimate of drug-likeness (QED) is 0.825. The fourth-order valence-electron chi connectivity index (χ4n) is 3.33. The third-order valence-electron chi connectivity index (χ3n) is 4.92. The number of nitrogens with one attached hydrogen (secondary N) is 1. The molecule has 0 radical (unpaired) electrons. The van der Waals surface area contributed by atoms with Gasteiger partial charge < -0.3 is 20.7 Å². The number of anilines is 1. The monoisotopic (exact) mass is 387 g/mol. The van der Waals surface area contributed by atoms with Gasteiger partial charge in [0.25, 0.3) is 11.8 Å². The zero-order valence-corrected chi connectivity index (χ0v) is 16.4. The highest BCUT2D eigenvalue weighted by Crippen LogP contribution is 2.28. The molecule has 2 amide bonds. The molecule has 0 spiro atoms. The van der Waals surface area contributed by atoms with Crippen molar-refractivity contribution in [3.8, 4) is 5.75 Å². The van der Waals surface area contributed by atoms with Gasteiger partial charge in [-0.2, -0.15) is 0 Å². The van der Waals surface area contributed by atoms with E-state index in [9.17, 15) is 9.59 Å². The minimum absolute atomic E-state index is 0.00713. The van der Waals surface area contributed by atoms with Crippen LogP contribution in [0.5, 0.6) is 5.75 Å². The van der Waals surface area contributed by atoms with Gasteiger partial charge in [0.15, 0.2) is 0 Å². The van der Waals surface area contributed by atoms with Crippen molar-refractivity contribution in [2.75, 3.05) is 25.5 Å². The molecule has 1 fully saturated rings. The summed E-state index contributed by atoms with van der Waals surface area (Å²) in [7, 11) is 1.58. The van der Waals surface area contributed by atoms with Crippen LogP contribution < -0.4 is 15.8 Å². The molecule has 1 aromatic heterocycles. The molecule has 2 atom stereocenters. The SMILES string of the molecule is COc1ccc(C(=O)Nc2ccc(C(=O)N3CCC(C)CC3CN)s2)cc1. The normalized spacial score (nSPS) is 19.6. The number of piperidine rings is 1. The summed E-state index contributed by atoms with van der Waals surface area (Å²) in [4.78, 5) is 27.7. The number of nitrogens with two attached hydrogens (primary N) is 1. The van der Waals surface area contributed by atoms with Crippen LogP contribution in [0.3, 0.4) is 0 Å². The number of amides is 2. The van der Waals surface area contributed by atoms with Crippen molar-refractivity contribution in [1.29, 1.82) is 0 Å². The summed E-state index contributed by atoms with van der Waals surface area (Å²) in [6.07, 6.45) is 1.93. The molecule has 0 aliphatic carbocycles. The molecule has 7 heteroatoms. The largest absolute Gasteiger partial charge is 0.497 e. The predicted octanol–water partition coefficient (Wildman–Crippen LogP) is 3.21. The van der Waals surface area contributed by atoms with Crippen molar-refractivity contribution >= 4 is 28.2 Å². The van der Waals surface area contributed by atoms with Gasteiger partial charge in [-0.05, 0) is 55.2 Å². The highest BCUT2D eigenvalue weighted by molar-refractivity contribution is 7.18. The Morgan fingerprint density at radius 1 is 1.26 bits per heavy atom. The third kappa shape index (κ3) is 4.48. The Balaban J connectivity index is 1.66. The molecule has 1 aromatic carbocycles. The second kappa shape index (κ2) is 8.54. The van der Waals surface area contributed by atoms with E-state index in [0.717, 1.165) is 19.4 Å². The number of likely N-dealkylation sites (tertiary alicyclic amines) is 1. The Morgan fingerprint density at radius 2 is 2.00 bits per heavy atom. The highest BCUT2D eigenvalue weighted by atomic mass is 32.1. The van der Waals surface area contributed by atoms with Gasteiger partial charge in [-0.3, -0.25) is 9.59 Å². The lowest BCUT2D eigenvalue weighted by Gasteiger charge is -2.37. The van der Waals surface area contributed by atoms with Crippen LogP contribution in [0.2, 0.25) is 0 Å². The minimum atomic E-state index is -0.217. The number of ether oxygens (including phenoxy) is 1. The van der Waals surface area contributed by atoms with Gasteiger partial charge in [0.1, 0.15) is 5.75 Å². The molecule has 0 saturated carbocycles. The van der Waals surface area contributed by atoms with E-state index in [0.29, 0.717) is 33.7 Å². The van der Waals surface area contributed by atoms with Crippen LogP contribution in [0.25, 0.3) is 0 Å². The van der Waals surface area contributed by atoms with Crippen molar-refractivity contribution in [2.24, 2.45) is 11.7 Å². The van der Waals surface area contributed by atoms with Gasteiger partial charge in [-0.25, -0.2) is 0 Å². The van der Waals surface area contributed by atoms with E-state index in [2.05, 4.69) is 12.2 Å². The molecular weight excluding hydrogens is 362 g/mol. The maximum atomic E-state index is 12.9. The molecule has 1 saturated heterocycles. The van der Waals surface area contributed by atoms with Gasteiger partial charge >= 0.3 is 0 Å². The average Bonchev–Trinajstić information content (AvgIpc) is 3.15. The van der Waals surface area contributed by atoms with E-state index in [-0.39, 0.29) is 17.9 Å². The van der Waals surface area contributed by atoms with Crippen LogP contribution in [0, 0.1) is 5.92 Å². The summed E-state index contributed by atoms with van der Waals surface area (Å²) in [5.74, 6) is 1.06.